The summed E-state index contributed by atoms with van der Waals surface area (Å²) < 4.78 is 27.8. The normalized spacial score (nSPS) is 15.4. The van der Waals surface area contributed by atoms with Crippen LogP contribution in [0.25, 0.3) is 0 Å². The molecule has 180 valence electrons. The summed E-state index contributed by atoms with van der Waals surface area (Å²) in [4.78, 5) is 2.43. The maximum Gasteiger partial charge on any atom is 0.203 e. The Hall–Kier alpha value is -3.09. The molecule has 0 aromatic heterocycles. The second-order valence-electron chi connectivity index (χ2n) is 8.12. The predicted octanol–water partition coefficient (Wildman–Crippen LogP) is 5.53. The van der Waals surface area contributed by atoms with Gasteiger partial charge in [-0.3, -0.25) is 4.90 Å². The van der Waals surface area contributed by atoms with Crippen LogP contribution in [0.4, 0.5) is 0 Å². The molecule has 1 aliphatic rings. The fraction of sp³-hybridized carbons (Fsp3) is 0.333. The van der Waals surface area contributed by atoms with E-state index in [9.17, 15) is 0 Å². The average Bonchev–Trinajstić information content (AvgIpc) is 2.86. The van der Waals surface area contributed by atoms with Crippen LogP contribution >= 0.6 is 11.6 Å². The molecule has 3 aromatic rings. The standard InChI is InChI=1S/C27H30ClNO5/c1-30-22-14-18-9-10-29(16-17-11-24(32-3)27(34-5)25(12-17)33-4)26(21(18)15-23(22)31-2)19-7-6-8-20(28)13-19/h6-8,11-15,26H,9-10,16H2,1-5H3/t26-/m0/s1. The number of nitrogens with zero attached hydrogens (tertiary/aromatic N) is 1. The molecule has 4 rings (SSSR count). The molecule has 0 saturated heterocycles. The highest BCUT2D eigenvalue weighted by atomic mass is 35.5. The summed E-state index contributed by atoms with van der Waals surface area (Å²) in [6, 6.07) is 16.2. The summed E-state index contributed by atoms with van der Waals surface area (Å²) >= 11 is 6.41. The molecule has 0 amide bonds. The Kier molecular flexibility index (Phi) is 7.39. The molecular weight excluding hydrogens is 454 g/mol. The Morgan fingerprint density at radius 2 is 1.44 bits per heavy atom. The van der Waals surface area contributed by atoms with E-state index < -0.39 is 0 Å². The first-order valence-corrected chi connectivity index (χ1v) is 11.4. The van der Waals surface area contributed by atoms with Gasteiger partial charge in [-0.1, -0.05) is 23.7 Å². The lowest BCUT2D eigenvalue weighted by Gasteiger charge is -2.38. The van der Waals surface area contributed by atoms with Gasteiger partial charge in [0.2, 0.25) is 5.75 Å². The Bertz CT molecular complexity index is 1140. The van der Waals surface area contributed by atoms with Crippen molar-refractivity contribution in [3.63, 3.8) is 0 Å². The number of fused-ring (bicyclic) bond motifs is 1. The lowest BCUT2D eigenvalue weighted by molar-refractivity contribution is 0.203. The van der Waals surface area contributed by atoms with Crippen molar-refractivity contribution in [2.75, 3.05) is 42.1 Å². The third-order valence-electron chi connectivity index (χ3n) is 6.25. The van der Waals surface area contributed by atoms with Crippen LogP contribution in [0.3, 0.4) is 0 Å². The van der Waals surface area contributed by atoms with Crippen molar-refractivity contribution in [3.8, 4) is 28.7 Å². The third kappa shape index (κ3) is 4.61. The third-order valence-corrected chi connectivity index (χ3v) is 6.48. The van der Waals surface area contributed by atoms with Gasteiger partial charge in [-0.2, -0.15) is 0 Å². The zero-order valence-electron chi connectivity index (χ0n) is 20.2. The predicted molar refractivity (Wildman–Crippen MR) is 133 cm³/mol. The molecule has 3 aromatic carbocycles. The van der Waals surface area contributed by atoms with Crippen molar-refractivity contribution in [3.05, 3.63) is 75.8 Å². The average molecular weight is 484 g/mol. The van der Waals surface area contributed by atoms with Gasteiger partial charge in [0.1, 0.15) is 0 Å². The number of halogens is 1. The summed E-state index contributed by atoms with van der Waals surface area (Å²) in [6.07, 6.45) is 0.886. The van der Waals surface area contributed by atoms with Crippen LogP contribution in [-0.2, 0) is 13.0 Å². The van der Waals surface area contributed by atoms with E-state index in [2.05, 4.69) is 23.1 Å². The molecule has 7 heteroatoms. The molecule has 0 bridgehead atoms. The van der Waals surface area contributed by atoms with E-state index in [0.29, 0.717) is 34.6 Å². The van der Waals surface area contributed by atoms with Crippen LogP contribution in [0.15, 0.2) is 48.5 Å². The Labute approximate surface area is 205 Å². The molecule has 0 unspecified atom stereocenters. The first-order valence-electron chi connectivity index (χ1n) is 11.1. The smallest absolute Gasteiger partial charge is 0.203 e. The molecular formula is C27H30ClNO5. The molecule has 1 atom stereocenters. The maximum absolute atomic E-state index is 6.41. The number of ether oxygens (including phenoxy) is 5. The van der Waals surface area contributed by atoms with Gasteiger partial charge in [-0.15, -0.1) is 0 Å². The van der Waals surface area contributed by atoms with E-state index in [-0.39, 0.29) is 6.04 Å². The second kappa shape index (κ2) is 10.5. The SMILES string of the molecule is COc1cc2c(cc1OC)[C@H](c1cccc(Cl)c1)N(Cc1cc(OC)c(OC)c(OC)c1)CC2. The highest BCUT2D eigenvalue weighted by molar-refractivity contribution is 6.30. The first kappa shape index (κ1) is 24.0. The Balaban J connectivity index is 1.80. The Morgan fingerprint density at radius 1 is 0.794 bits per heavy atom. The molecule has 1 aliphatic heterocycles. The molecule has 6 nitrogen and oxygen atoms in total. The van der Waals surface area contributed by atoms with Gasteiger partial charge in [-0.05, 0) is 65.1 Å². The van der Waals surface area contributed by atoms with Gasteiger partial charge in [-0.25, -0.2) is 0 Å². The van der Waals surface area contributed by atoms with Gasteiger partial charge >= 0.3 is 0 Å². The summed E-state index contributed by atoms with van der Waals surface area (Å²) in [6.45, 7) is 1.54. The van der Waals surface area contributed by atoms with Crippen molar-refractivity contribution < 1.29 is 23.7 Å². The molecule has 0 spiro atoms. The van der Waals surface area contributed by atoms with E-state index >= 15 is 0 Å². The minimum absolute atomic E-state index is 0.0126. The van der Waals surface area contributed by atoms with Crippen molar-refractivity contribution in [2.45, 2.75) is 19.0 Å². The first-order chi connectivity index (χ1) is 16.5. The molecule has 0 N–H and O–H groups in total. The maximum atomic E-state index is 6.41. The Morgan fingerprint density at radius 3 is 2.03 bits per heavy atom. The highest BCUT2D eigenvalue weighted by Gasteiger charge is 2.31. The van der Waals surface area contributed by atoms with Gasteiger partial charge < -0.3 is 23.7 Å². The monoisotopic (exact) mass is 483 g/mol. The zero-order chi connectivity index (χ0) is 24.2. The van der Waals surface area contributed by atoms with Gasteiger partial charge in [0.25, 0.3) is 0 Å². The summed E-state index contributed by atoms with van der Waals surface area (Å²) in [5.41, 5.74) is 4.60. The van der Waals surface area contributed by atoms with Gasteiger partial charge in [0.05, 0.1) is 41.6 Å². The van der Waals surface area contributed by atoms with E-state index in [4.69, 9.17) is 35.3 Å². The largest absolute Gasteiger partial charge is 0.493 e. The fourth-order valence-corrected chi connectivity index (χ4v) is 4.90. The van der Waals surface area contributed by atoms with E-state index in [1.807, 2.05) is 30.3 Å². The molecule has 1 heterocycles. The van der Waals surface area contributed by atoms with E-state index in [1.165, 1.54) is 11.1 Å². The quantitative estimate of drug-likeness (QED) is 0.420. The van der Waals surface area contributed by atoms with Crippen LogP contribution < -0.4 is 23.7 Å². The zero-order valence-corrected chi connectivity index (χ0v) is 20.9. The summed E-state index contributed by atoms with van der Waals surface area (Å²) in [5.74, 6) is 3.31. The number of hydrogen-bond donors (Lipinski definition) is 0. The van der Waals surface area contributed by atoms with Crippen LogP contribution in [0.5, 0.6) is 28.7 Å². The molecule has 0 radical (unpaired) electrons. The minimum Gasteiger partial charge on any atom is -0.493 e. The topological polar surface area (TPSA) is 49.4 Å². The number of benzene rings is 3. The number of rotatable bonds is 8. The summed E-state index contributed by atoms with van der Waals surface area (Å²) in [7, 11) is 8.20. The minimum atomic E-state index is -0.0126. The molecule has 0 saturated carbocycles. The second-order valence-corrected chi connectivity index (χ2v) is 8.55. The van der Waals surface area contributed by atoms with Crippen LogP contribution in [0.1, 0.15) is 28.3 Å². The van der Waals surface area contributed by atoms with Gasteiger partial charge in [0, 0.05) is 18.1 Å². The molecule has 0 aliphatic carbocycles. The number of hydrogen-bond acceptors (Lipinski definition) is 6. The molecule has 34 heavy (non-hydrogen) atoms. The molecule has 0 fully saturated rings. The number of methoxy groups -OCH3 is 5. The van der Waals surface area contributed by atoms with Crippen molar-refractivity contribution in [1.29, 1.82) is 0 Å². The van der Waals surface area contributed by atoms with E-state index in [0.717, 1.165) is 29.8 Å². The van der Waals surface area contributed by atoms with Crippen LogP contribution in [0, 0.1) is 0 Å². The van der Waals surface area contributed by atoms with Crippen molar-refractivity contribution >= 4 is 11.6 Å². The van der Waals surface area contributed by atoms with Crippen LogP contribution in [0.2, 0.25) is 5.02 Å². The van der Waals surface area contributed by atoms with E-state index in [1.54, 1.807) is 35.5 Å². The van der Waals surface area contributed by atoms with Crippen LogP contribution in [-0.4, -0.2) is 47.0 Å². The van der Waals surface area contributed by atoms with Gasteiger partial charge in [0.15, 0.2) is 23.0 Å². The highest BCUT2D eigenvalue weighted by Crippen LogP contribution is 2.43. The summed E-state index contributed by atoms with van der Waals surface area (Å²) in [5, 5.41) is 0.706. The lowest BCUT2D eigenvalue weighted by atomic mass is 9.87. The fourth-order valence-electron chi connectivity index (χ4n) is 4.70. The van der Waals surface area contributed by atoms with Crippen molar-refractivity contribution in [1.82, 2.24) is 4.90 Å². The van der Waals surface area contributed by atoms with Crippen molar-refractivity contribution in [2.24, 2.45) is 0 Å². The lowest BCUT2D eigenvalue weighted by Crippen LogP contribution is -2.35.